The number of halogens is 2. The van der Waals surface area contributed by atoms with Gasteiger partial charge in [-0.3, -0.25) is 4.79 Å². The Morgan fingerprint density at radius 2 is 1.39 bits per heavy atom. The predicted octanol–water partition coefficient (Wildman–Crippen LogP) is 4.53. The molecule has 0 amide bonds. The summed E-state index contributed by atoms with van der Waals surface area (Å²) in [7, 11) is -2.47. The molecule has 1 fully saturated rings. The lowest BCUT2D eigenvalue weighted by Crippen LogP contribution is -2.49. The van der Waals surface area contributed by atoms with Gasteiger partial charge in [0, 0.05) is 31.3 Å². The molecule has 0 aliphatic carbocycles. The van der Waals surface area contributed by atoms with Crippen LogP contribution >= 0.6 is 0 Å². The third-order valence-electron chi connectivity index (χ3n) is 5.93. The number of ether oxygens (including phenoxy) is 1. The van der Waals surface area contributed by atoms with Crippen molar-refractivity contribution in [2.75, 3.05) is 13.7 Å². The van der Waals surface area contributed by atoms with E-state index in [1.54, 1.807) is 36.4 Å². The number of carbonyl (C=O) groups is 1. The fraction of sp³-hybridized carbons (Fsp3) is 0.240. The van der Waals surface area contributed by atoms with Crippen molar-refractivity contribution >= 4 is 15.8 Å². The normalized spacial score (nSPS) is 17.3. The van der Waals surface area contributed by atoms with Crippen LogP contribution in [0.15, 0.2) is 77.7 Å². The molecule has 1 aliphatic heterocycles. The number of piperidine rings is 1. The molecule has 33 heavy (non-hydrogen) atoms. The standard InChI is InChI=1S/C25H23F2NO4S/c1-32-22-10-12-23(13-11-22)33(30,31)28-15-14-21(29)16-24(28)25(17-2-6-19(26)7-3-17)18-4-8-20(27)9-5-18/h2-13,24-25H,14-16H2,1H3. The first-order valence-electron chi connectivity index (χ1n) is 10.5. The molecule has 4 rings (SSSR count). The van der Waals surface area contributed by atoms with Crippen LogP contribution in [0.2, 0.25) is 0 Å². The molecule has 1 atom stereocenters. The highest BCUT2D eigenvalue weighted by Gasteiger charge is 2.41. The third kappa shape index (κ3) is 4.82. The fourth-order valence-electron chi connectivity index (χ4n) is 4.28. The van der Waals surface area contributed by atoms with Gasteiger partial charge in [0.15, 0.2) is 0 Å². The SMILES string of the molecule is COc1ccc(S(=O)(=O)N2CCC(=O)CC2C(c2ccc(F)cc2)c2ccc(F)cc2)cc1. The summed E-state index contributed by atoms with van der Waals surface area (Å²) in [5.74, 6) is -0.994. The smallest absolute Gasteiger partial charge is 0.243 e. The quantitative estimate of drug-likeness (QED) is 0.530. The Balaban J connectivity index is 1.82. The molecule has 3 aromatic rings. The van der Waals surface area contributed by atoms with Gasteiger partial charge in [-0.2, -0.15) is 4.31 Å². The van der Waals surface area contributed by atoms with Gasteiger partial charge >= 0.3 is 0 Å². The highest BCUT2D eigenvalue weighted by atomic mass is 32.2. The van der Waals surface area contributed by atoms with Crippen molar-refractivity contribution < 1.29 is 26.7 Å². The molecular formula is C25H23F2NO4S. The minimum Gasteiger partial charge on any atom is -0.497 e. The van der Waals surface area contributed by atoms with E-state index in [1.165, 1.54) is 47.8 Å². The molecule has 0 spiro atoms. The average molecular weight is 472 g/mol. The van der Waals surface area contributed by atoms with Gasteiger partial charge in [-0.15, -0.1) is 0 Å². The number of ketones is 1. The first-order chi connectivity index (χ1) is 15.8. The molecule has 172 valence electrons. The summed E-state index contributed by atoms with van der Waals surface area (Å²) in [5.41, 5.74) is 1.27. The van der Waals surface area contributed by atoms with Crippen molar-refractivity contribution in [1.29, 1.82) is 0 Å². The molecule has 0 bridgehead atoms. The van der Waals surface area contributed by atoms with E-state index in [0.717, 1.165) is 0 Å². The highest BCUT2D eigenvalue weighted by molar-refractivity contribution is 7.89. The zero-order chi connectivity index (χ0) is 23.6. The Labute approximate surface area is 191 Å². The van der Waals surface area contributed by atoms with E-state index in [-0.39, 0.29) is 30.1 Å². The van der Waals surface area contributed by atoms with Gasteiger partial charge in [0.2, 0.25) is 10.0 Å². The molecule has 5 nitrogen and oxygen atoms in total. The molecule has 1 saturated heterocycles. The van der Waals surface area contributed by atoms with Crippen LogP contribution in [0, 0.1) is 11.6 Å². The van der Waals surface area contributed by atoms with Gasteiger partial charge in [0.1, 0.15) is 23.2 Å². The molecule has 0 aromatic heterocycles. The first kappa shape index (κ1) is 23.1. The lowest BCUT2D eigenvalue weighted by molar-refractivity contribution is -0.122. The van der Waals surface area contributed by atoms with Crippen molar-refractivity contribution in [1.82, 2.24) is 4.31 Å². The number of rotatable bonds is 6. The maximum atomic E-state index is 13.6. The summed E-state index contributed by atoms with van der Waals surface area (Å²) in [4.78, 5) is 12.6. The molecule has 8 heteroatoms. The predicted molar refractivity (Wildman–Crippen MR) is 120 cm³/mol. The topological polar surface area (TPSA) is 63.7 Å². The Bertz CT molecular complexity index is 1180. The van der Waals surface area contributed by atoms with Crippen LogP contribution in [0.5, 0.6) is 5.75 Å². The van der Waals surface area contributed by atoms with Gasteiger partial charge in [-0.25, -0.2) is 17.2 Å². The Morgan fingerprint density at radius 3 is 1.88 bits per heavy atom. The number of benzene rings is 3. The van der Waals surface area contributed by atoms with E-state index in [1.807, 2.05) is 0 Å². The van der Waals surface area contributed by atoms with E-state index in [9.17, 15) is 22.0 Å². The molecule has 3 aromatic carbocycles. The third-order valence-corrected chi connectivity index (χ3v) is 7.87. The zero-order valence-corrected chi connectivity index (χ0v) is 18.8. The largest absolute Gasteiger partial charge is 0.497 e. The van der Waals surface area contributed by atoms with Crippen molar-refractivity contribution in [2.45, 2.75) is 29.7 Å². The monoisotopic (exact) mass is 471 g/mol. The van der Waals surface area contributed by atoms with Crippen molar-refractivity contribution in [2.24, 2.45) is 0 Å². The summed E-state index contributed by atoms with van der Waals surface area (Å²) >= 11 is 0. The summed E-state index contributed by atoms with van der Waals surface area (Å²) in [5, 5.41) is 0. The van der Waals surface area contributed by atoms with E-state index >= 15 is 0 Å². The van der Waals surface area contributed by atoms with E-state index < -0.39 is 33.6 Å². The molecule has 1 unspecified atom stereocenters. The lowest BCUT2D eigenvalue weighted by Gasteiger charge is -2.39. The second-order valence-electron chi connectivity index (χ2n) is 7.93. The van der Waals surface area contributed by atoms with Crippen LogP contribution in [0.25, 0.3) is 0 Å². The number of nitrogens with zero attached hydrogens (tertiary/aromatic N) is 1. The fourth-order valence-corrected chi connectivity index (χ4v) is 5.92. The lowest BCUT2D eigenvalue weighted by atomic mass is 9.81. The maximum Gasteiger partial charge on any atom is 0.243 e. The van der Waals surface area contributed by atoms with Crippen LogP contribution in [0.1, 0.15) is 29.9 Å². The Hall–Kier alpha value is -3.10. The summed E-state index contributed by atoms with van der Waals surface area (Å²) < 4.78 is 61.0. The van der Waals surface area contributed by atoms with Gasteiger partial charge in [0.05, 0.1) is 12.0 Å². The second kappa shape index (κ2) is 9.41. The number of carbonyl (C=O) groups excluding carboxylic acids is 1. The molecule has 0 radical (unpaired) electrons. The van der Waals surface area contributed by atoms with Crippen molar-refractivity contribution in [3.8, 4) is 5.75 Å². The van der Waals surface area contributed by atoms with Crippen LogP contribution in [-0.4, -0.2) is 38.2 Å². The van der Waals surface area contributed by atoms with E-state index in [0.29, 0.717) is 16.9 Å². The zero-order valence-electron chi connectivity index (χ0n) is 17.9. The van der Waals surface area contributed by atoms with Crippen LogP contribution in [0.4, 0.5) is 8.78 Å². The van der Waals surface area contributed by atoms with Crippen LogP contribution < -0.4 is 4.74 Å². The summed E-state index contributed by atoms with van der Waals surface area (Å²) in [6.07, 6.45) is 0.0975. The number of methoxy groups -OCH3 is 1. The second-order valence-corrected chi connectivity index (χ2v) is 9.82. The van der Waals surface area contributed by atoms with E-state index in [4.69, 9.17) is 4.74 Å². The molecular weight excluding hydrogens is 448 g/mol. The Morgan fingerprint density at radius 1 is 0.879 bits per heavy atom. The van der Waals surface area contributed by atoms with Gasteiger partial charge in [-0.05, 0) is 59.7 Å². The number of Topliss-reactive ketones (excluding diaryl/α,β-unsaturated/α-hetero) is 1. The van der Waals surface area contributed by atoms with E-state index in [2.05, 4.69) is 0 Å². The van der Waals surface area contributed by atoms with Gasteiger partial charge < -0.3 is 4.74 Å². The molecule has 1 heterocycles. The summed E-state index contributed by atoms with van der Waals surface area (Å²) in [6, 6.07) is 16.7. The van der Waals surface area contributed by atoms with Gasteiger partial charge in [0.25, 0.3) is 0 Å². The van der Waals surface area contributed by atoms with Crippen LogP contribution in [0.3, 0.4) is 0 Å². The molecule has 1 aliphatic rings. The van der Waals surface area contributed by atoms with Crippen molar-refractivity contribution in [3.63, 3.8) is 0 Å². The number of hydrogen-bond acceptors (Lipinski definition) is 4. The average Bonchev–Trinajstić information content (AvgIpc) is 2.81. The van der Waals surface area contributed by atoms with Crippen LogP contribution in [-0.2, 0) is 14.8 Å². The van der Waals surface area contributed by atoms with Crippen molar-refractivity contribution in [3.05, 3.63) is 95.6 Å². The number of hydrogen-bond donors (Lipinski definition) is 0. The first-order valence-corrected chi connectivity index (χ1v) is 11.9. The highest BCUT2D eigenvalue weighted by Crippen LogP contribution is 2.38. The minimum atomic E-state index is -3.96. The molecule has 0 N–H and O–H groups in total. The Kier molecular flexibility index (Phi) is 6.58. The maximum absolute atomic E-state index is 13.6. The minimum absolute atomic E-state index is 0.00515. The van der Waals surface area contributed by atoms with Gasteiger partial charge in [-0.1, -0.05) is 24.3 Å². The molecule has 0 saturated carbocycles. The number of sulfonamides is 1. The summed E-state index contributed by atoms with van der Waals surface area (Å²) in [6.45, 7) is 0.0246.